The molecule has 90 valence electrons. The van der Waals surface area contributed by atoms with E-state index >= 15 is 0 Å². The standard InChI is InChI=1S/C10H11NO.2C2H6/c1-6-4-7(2)10-9(8(6)3)5-11-12-10;2*1-2/h4-5H,1-3H3;2*1-2H3. The lowest BCUT2D eigenvalue weighted by atomic mass is 10.0. The van der Waals surface area contributed by atoms with E-state index in [-0.39, 0.29) is 0 Å². The van der Waals surface area contributed by atoms with E-state index in [0.717, 1.165) is 16.5 Å². The van der Waals surface area contributed by atoms with Crippen molar-refractivity contribution in [1.82, 2.24) is 5.16 Å². The van der Waals surface area contributed by atoms with Crippen molar-refractivity contribution < 1.29 is 4.52 Å². The van der Waals surface area contributed by atoms with Crippen molar-refractivity contribution in [1.29, 1.82) is 0 Å². The van der Waals surface area contributed by atoms with E-state index in [1.165, 1.54) is 11.1 Å². The molecule has 2 rings (SSSR count). The zero-order valence-electron chi connectivity index (χ0n) is 11.5. The van der Waals surface area contributed by atoms with Crippen molar-refractivity contribution in [2.45, 2.75) is 48.5 Å². The molecule has 0 saturated carbocycles. The van der Waals surface area contributed by atoms with Crippen molar-refractivity contribution >= 4 is 11.0 Å². The lowest BCUT2D eigenvalue weighted by molar-refractivity contribution is 0.455. The number of aromatic nitrogens is 1. The highest BCUT2D eigenvalue weighted by Crippen LogP contribution is 2.24. The second-order valence-corrected chi connectivity index (χ2v) is 3.20. The summed E-state index contributed by atoms with van der Waals surface area (Å²) in [6, 6.07) is 2.13. The summed E-state index contributed by atoms with van der Waals surface area (Å²) in [5, 5.41) is 4.92. The Morgan fingerprint density at radius 1 is 0.938 bits per heavy atom. The number of aryl methyl sites for hydroxylation is 3. The third-order valence-electron chi connectivity index (χ3n) is 2.36. The van der Waals surface area contributed by atoms with E-state index in [2.05, 4.69) is 25.1 Å². The molecule has 0 fully saturated rings. The van der Waals surface area contributed by atoms with Gasteiger partial charge in [0.25, 0.3) is 0 Å². The minimum Gasteiger partial charge on any atom is -0.356 e. The summed E-state index contributed by atoms with van der Waals surface area (Å²) in [6.45, 7) is 14.2. The van der Waals surface area contributed by atoms with Gasteiger partial charge in [-0.1, -0.05) is 38.9 Å². The van der Waals surface area contributed by atoms with E-state index in [1.54, 1.807) is 6.20 Å². The summed E-state index contributed by atoms with van der Waals surface area (Å²) in [5.74, 6) is 0. The fraction of sp³-hybridized carbons (Fsp3) is 0.500. The van der Waals surface area contributed by atoms with E-state index in [9.17, 15) is 0 Å². The van der Waals surface area contributed by atoms with Gasteiger partial charge in [-0.3, -0.25) is 0 Å². The molecule has 1 aromatic carbocycles. The van der Waals surface area contributed by atoms with Gasteiger partial charge in [0.2, 0.25) is 0 Å². The van der Waals surface area contributed by atoms with Crippen LogP contribution in [0.15, 0.2) is 16.8 Å². The lowest BCUT2D eigenvalue weighted by Crippen LogP contribution is -1.83. The molecule has 1 aromatic heterocycles. The van der Waals surface area contributed by atoms with Crippen molar-refractivity contribution in [2.75, 3.05) is 0 Å². The molecule has 2 nitrogen and oxygen atoms in total. The van der Waals surface area contributed by atoms with Gasteiger partial charge in [-0.25, -0.2) is 0 Å². The minimum absolute atomic E-state index is 0.915. The molecule has 2 aromatic rings. The highest BCUT2D eigenvalue weighted by atomic mass is 16.5. The molecule has 0 aliphatic rings. The van der Waals surface area contributed by atoms with E-state index < -0.39 is 0 Å². The molecular formula is C14H23NO. The van der Waals surface area contributed by atoms with Crippen molar-refractivity contribution in [2.24, 2.45) is 0 Å². The molecule has 0 aliphatic carbocycles. The fourth-order valence-electron chi connectivity index (χ4n) is 1.50. The first-order valence-corrected chi connectivity index (χ1v) is 6.01. The zero-order chi connectivity index (χ0) is 12.7. The molecule has 0 radical (unpaired) electrons. The molecule has 0 amide bonds. The van der Waals surface area contributed by atoms with Crippen molar-refractivity contribution in [3.8, 4) is 0 Å². The molecular weight excluding hydrogens is 198 g/mol. The van der Waals surface area contributed by atoms with Crippen molar-refractivity contribution in [3.63, 3.8) is 0 Å². The SMILES string of the molecule is CC.CC.Cc1cc(C)c2oncc2c1C. The van der Waals surface area contributed by atoms with Crippen LogP contribution in [0.5, 0.6) is 0 Å². The molecule has 0 aliphatic heterocycles. The Morgan fingerprint density at radius 2 is 1.50 bits per heavy atom. The first-order chi connectivity index (χ1) is 7.70. The maximum absolute atomic E-state index is 5.13. The quantitative estimate of drug-likeness (QED) is 0.638. The van der Waals surface area contributed by atoms with Crippen molar-refractivity contribution in [3.05, 3.63) is 29.0 Å². The fourth-order valence-corrected chi connectivity index (χ4v) is 1.50. The molecule has 0 N–H and O–H groups in total. The highest BCUT2D eigenvalue weighted by molar-refractivity contribution is 5.83. The predicted molar refractivity (Wildman–Crippen MR) is 70.9 cm³/mol. The summed E-state index contributed by atoms with van der Waals surface area (Å²) < 4.78 is 5.13. The van der Waals surface area contributed by atoms with E-state index in [0.29, 0.717) is 0 Å². The molecule has 16 heavy (non-hydrogen) atoms. The average Bonchev–Trinajstić information content (AvgIpc) is 2.81. The Labute approximate surface area is 98.6 Å². The van der Waals surface area contributed by atoms with Crippen LogP contribution in [0.4, 0.5) is 0 Å². The molecule has 0 spiro atoms. The Hall–Kier alpha value is -1.31. The molecule has 0 unspecified atom stereocenters. The first kappa shape index (κ1) is 14.7. The summed E-state index contributed by atoms with van der Waals surface area (Å²) in [7, 11) is 0. The molecule has 0 atom stereocenters. The van der Waals surface area contributed by atoms with Crippen LogP contribution < -0.4 is 0 Å². The monoisotopic (exact) mass is 221 g/mol. The maximum atomic E-state index is 5.13. The summed E-state index contributed by atoms with van der Waals surface area (Å²) >= 11 is 0. The van der Waals surface area contributed by atoms with Gasteiger partial charge in [0.1, 0.15) is 0 Å². The molecule has 0 saturated heterocycles. The molecule has 2 heteroatoms. The average molecular weight is 221 g/mol. The van der Waals surface area contributed by atoms with Crippen LogP contribution in [0.2, 0.25) is 0 Å². The van der Waals surface area contributed by atoms with E-state index in [1.807, 2.05) is 34.6 Å². The Kier molecular flexibility index (Phi) is 6.47. The van der Waals surface area contributed by atoms with Crippen LogP contribution in [0.1, 0.15) is 44.4 Å². The normalized spacial score (nSPS) is 8.94. The van der Waals surface area contributed by atoms with Gasteiger partial charge >= 0.3 is 0 Å². The first-order valence-electron chi connectivity index (χ1n) is 6.01. The maximum Gasteiger partial charge on any atom is 0.170 e. The molecule has 0 bridgehead atoms. The smallest absolute Gasteiger partial charge is 0.170 e. The number of nitrogens with zero attached hydrogens (tertiary/aromatic N) is 1. The van der Waals surface area contributed by atoms with Gasteiger partial charge in [-0.2, -0.15) is 0 Å². The number of rotatable bonds is 0. The third kappa shape index (κ3) is 2.84. The Balaban J connectivity index is 0.000000509. The Morgan fingerprint density at radius 3 is 2.06 bits per heavy atom. The van der Waals surface area contributed by atoms with Crippen LogP contribution >= 0.6 is 0 Å². The largest absolute Gasteiger partial charge is 0.356 e. The van der Waals surface area contributed by atoms with Crippen LogP contribution in [0.3, 0.4) is 0 Å². The highest BCUT2D eigenvalue weighted by Gasteiger charge is 2.06. The van der Waals surface area contributed by atoms with Gasteiger partial charge in [-0.05, 0) is 37.5 Å². The number of fused-ring (bicyclic) bond motifs is 1. The Bertz CT molecular complexity index is 429. The van der Waals surface area contributed by atoms with Crippen LogP contribution in [0, 0.1) is 20.8 Å². The minimum atomic E-state index is 0.915. The van der Waals surface area contributed by atoms with Crippen LogP contribution in [-0.2, 0) is 0 Å². The van der Waals surface area contributed by atoms with Gasteiger partial charge in [-0.15, -0.1) is 0 Å². The predicted octanol–water partition coefficient (Wildman–Crippen LogP) is 4.81. The van der Waals surface area contributed by atoms with Gasteiger partial charge in [0.15, 0.2) is 5.58 Å². The summed E-state index contributed by atoms with van der Waals surface area (Å²) in [5.41, 5.74) is 4.63. The second kappa shape index (κ2) is 7.04. The number of benzene rings is 1. The van der Waals surface area contributed by atoms with Crippen LogP contribution in [0.25, 0.3) is 11.0 Å². The van der Waals surface area contributed by atoms with Crippen LogP contribution in [-0.4, -0.2) is 5.16 Å². The second-order valence-electron chi connectivity index (χ2n) is 3.20. The number of hydrogen-bond acceptors (Lipinski definition) is 2. The topological polar surface area (TPSA) is 26.0 Å². The third-order valence-corrected chi connectivity index (χ3v) is 2.36. The zero-order valence-corrected chi connectivity index (χ0v) is 11.5. The summed E-state index contributed by atoms with van der Waals surface area (Å²) in [6.07, 6.45) is 1.78. The van der Waals surface area contributed by atoms with Gasteiger partial charge < -0.3 is 4.52 Å². The van der Waals surface area contributed by atoms with Gasteiger partial charge in [0.05, 0.1) is 6.20 Å². The molecule has 1 heterocycles. The van der Waals surface area contributed by atoms with Gasteiger partial charge in [0, 0.05) is 5.39 Å². The number of hydrogen-bond donors (Lipinski definition) is 0. The van der Waals surface area contributed by atoms with E-state index in [4.69, 9.17) is 4.52 Å². The summed E-state index contributed by atoms with van der Waals surface area (Å²) in [4.78, 5) is 0. The lowest BCUT2D eigenvalue weighted by Gasteiger charge is -2.01.